The van der Waals surface area contributed by atoms with Crippen LogP contribution in [0.15, 0.2) is 108 Å². The normalized spacial score (nSPS) is 14.8. The number of anilines is 1. The molecule has 3 aromatic carbocycles. The quantitative estimate of drug-likeness (QED) is 0.275. The van der Waals surface area contributed by atoms with E-state index >= 15 is 0 Å². The number of nitrogens with zero attached hydrogens (tertiary/aromatic N) is 3. The standard InChI is InChI=1S/C30H28ClN3O2S/c31-26-13-9-23(10-14-26)22-34(37(36)28-6-2-1-3-7-28)27-15-11-25(12-16-27)30(35)33-20-17-24(18-21-33)29-8-4-5-19-32-29/h1-16,19,24H,17-18,20-22H2. The van der Waals surface area contributed by atoms with E-state index in [1.54, 1.807) is 0 Å². The van der Waals surface area contributed by atoms with Crippen LogP contribution in [0, 0.1) is 0 Å². The highest BCUT2D eigenvalue weighted by Crippen LogP contribution is 2.28. The first kappa shape index (κ1) is 25.2. The van der Waals surface area contributed by atoms with E-state index in [0.29, 0.717) is 41.0 Å². The van der Waals surface area contributed by atoms with Crippen molar-refractivity contribution >= 4 is 34.2 Å². The molecule has 1 amide bonds. The van der Waals surface area contributed by atoms with Gasteiger partial charge in [0.25, 0.3) is 5.91 Å². The van der Waals surface area contributed by atoms with Gasteiger partial charge in [0.2, 0.25) is 0 Å². The zero-order valence-electron chi connectivity index (χ0n) is 20.4. The van der Waals surface area contributed by atoms with E-state index in [1.165, 1.54) is 0 Å². The molecule has 0 radical (unpaired) electrons. The number of pyridine rings is 1. The monoisotopic (exact) mass is 529 g/mol. The minimum atomic E-state index is -1.42. The number of halogens is 1. The van der Waals surface area contributed by atoms with Gasteiger partial charge in [-0.3, -0.25) is 14.1 Å². The van der Waals surface area contributed by atoms with Crippen LogP contribution < -0.4 is 4.31 Å². The molecule has 4 aromatic rings. The zero-order valence-corrected chi connectivity index (χ0v) is 21.9. The minimum absolute atomic E-state index is 0.0273. The molecule has 188 valence electrons. The molecule has 1 aliphatic rings. The first-order chi connectivity index (χ1) is 18.1. The second-order valence-electron chi connectivity index (χ2n) is 9.09. The number of likely N-dealkylation sites (tertiary alicyclic amines) is 1. The molecule has 1 unspecified atom stereocenters. The number of hydrogen-bond donors (Lipinski definition) is 0. The summed E-state index contributed by atoms with van der Waals surface area (Å²) >= 11 is 6.06. The van der Waals surface area contributed by atoms with E-state index in [9.17, 15) is 9.00 Å². The topological polar surface area (TPSA) is 53.5 Å². The molecular weight excluding hydrogens is 502 g/mol. The van der Waals surface area contributed by atoms with Crippen molar-refractivity contribution in [3.8, 4) is 0 Å². The molecule has 0 bridgehead atoms. The maximum atomic E-state index is 13.6. The summed E-state index contributed by atoms with van der Waals surface area (Å²) < 4.78 is 15.4. The number of carbonyl (C=O) groups is 1. The van der Waals surface area contributed by atoms with Crippen molar-refractivity contribution in [3.63, 3.8) is 0 Å². The smallest absolute Gasteiger partial charge is 0.253 e. The van der Waals surface area contributed by atoms with E-state index in [-0.39, 0.29) is 5.91 Å². The van der Waals surface area contributed by atoms with E-state index in [1.807, 2.05) is 106 Å². The van der Waals surface area contributed by atoms with Crippen LogP contribution in [0.2, 0.25) is 5.02 Å². The molecule has 1 atom stereocenters. The molecule has 1 aliphatic heterocycles. The summed E-state index contributed by atoms with van der Waals surface area (Å²) in [6.07, 6.45) is 3.65. The highest BCUT2D eigenvalue weighted by Gasteiger charge is 2.25. The van der Waals surface area contributed by atoms with Gasteiger partial charge in [0.05, 0.1) is 17.1 Å². The fourth-order valence-corrected chi connectivity index (χ4v) is 5.96. The molecule has 1 aromatic heterocycles. The predicted octanol–water partition coefficient (Wildman–Crippen LogP) is 6.48. The Balaban J connectivity index is 1.31. The van der Waals surface area contributed by atoms with Gasteiger partial charge in [-0.1, -0.05) is 48.0 Å². The lowest BCUT2D eigenvalue weighted by molar-refractivity contribution is 0.0712. The van der Waals surface area contributed by atoms with Gasteiger partial charge >= 0.3 is 0 Å². The summed E-state index contributed by atoms with van der Waals surface area (Å²) in [4.78, 5) is 20.3. The Morgan fingerprint density at radius 1 is 0.892 bits per heavy atom. The lowest BCUT2D eigenvalue weighted by Gasteiger charge is -2.32. The van der Waals surface area contributed by atoms with Crippen molar-refractivity contribution in [1.29, 1.82) is 0 Å². The van der Waals surface area contributed by atoms with Crippen LogP contribution >= 0.6 is 11.6 Å². The summed E-state index contributed by atoms with van der Waals surface area (Å²) in [5.74, 6) is 0.418. The fourth-order valence-electron chi connectivity index (χ4n) is 4.61. The van der Waals surface area contributed by atoms with Crippen LogP contribution in [0.4, 0.5) is 5.69 Å². The molecule has 37 heavy (non-hydrogen) atoms. The first-order valence-corrected chi connectivity index (χ1v) is 13.9. The van der Waals surface area contributed by atoms with Crippen LogP contribution in [0.25, 0.3) is 0 Å². The lowest BCUT2D eigenvalue weighted by atomic mass is 9.92. The van der Waals surface area contributed by atoms with Crippen molar-refractivity contribution in [2.24, 2.45) is 0 Å². The van der Waals surface area contributed by atoms with E-state index in [0.717, 1.165) is 29.8 Å². The summed E-state index contributed by atoms with van der Waals surface area (Å²) in [6, 6.07) is 30.4. The van der Waals surface area contributed by atoms with Gasteiger partial charge in [0, 0.05) is 41.5 Å². The first-order valence-electron chi connectivity index (χ1n) is 12.4. The molecule has 1 saturated heterocycles. The number of hydrogen-bond acceptors (Lipinski definition) is 3. The third-order valence-corrected chi connectivity index (χ3v) is 8.34. The van der Waals surface area contributed by atoms with Gasteiger partial charge in [-0.15, -0.1) is 0 Å². The molecule has 0 spiro atoms. The molecule has 2 heterocycles. The highest BCUT2D eigenvalue weighted by atomic mass is 35.5. The van der Waals surface area contributed by atoms with Gasteiger partial charge in [0.1, 0.15) is 0 Å². The minimum Gasteiger partial charge on any atom is -0.339 e. The average molecular weight is 530 g/mol. The Morgan fingerprint density at radius 2 is 1.57 bits per heavy atom. The summed E-state index contributed by atoms with van der Waals surface area (Å²) in [6.45, 7) is 1.86. The molecular formula is C30H28ClN3O2S. The van der Waals surface area contributed by atoms with Gasteiger partial charge in [-0.05, 0) is 79.1 Å². The Hall–Kier alpha value is -3.48. The molecule has 1 fully saturated rings. The molecule has 7 heteroatoms. The summed E-state index contributed by atoms with van der Waals surface area (Å²) in [5.41, 5.74) is 3.51. The largest absolute Gasteiger partial charge is 0.339 e. The Bertz CT molecular complexity index is 1340. The maximum absolute atomic E-state index is 13.6. The van der Waals surface area contributed by atoms with E-state index in [2.05, 4.69) is 11.1 Å². The van der Waals surface area contributed by atoms with Gasteiger partial charge in [-0.25, -0.2) is 4.21 Å². The number of benzene rings is 3. The zero-order chi connectivity index (χ0) is 25.6. The number of carbonyl (C=O) groups excluding carboxylic acids is 1. The van der Waals surface area contributed by atoms with Gasteiger partial charge in [0.15, 0.2) is 11.0 Å². The van der Waals surface area contributed by atoms with Crippen molar-refractivity contribution in [2.75, 3.05) is 17.4 Å². The van der Waals surface area contributed by atoms with Crippen LogP contribution in [0.1, 0.15) is 40.4 Å². The number of amides is 1. The van der Waals surface area contributed by atoms with E-state index in [4.69, 9.17) is 11.6 Å². The van der Waals surface area contributed by atoms with Crippen LogP contribution in [0.3, 0.4) is 0 Å². The van der Waals surface area contributed by atoms with Gasteiger partial charge in [-0.2, -0.15) is 0 Å². The molecule has 5 nitrogen and oxygen atoms in total. The SMILES string of the molecule is O=C(c1ccc(N(Cc2ccc(Cl)cc2)S(=O)c2ccccc2)cc1)N1CCC(c2ccccn2)CC1. The third-order valence-electron chi connectivity index (χ3n) is 6.67. The molecule has 5 rings (SSSR count). The Labute approximate surface area is 225 Å². The molecule has 0 N–H and O–H groups in total. The van der Waals surface area contributed by atoms with Crippen molar-refractivity contribution in [3.05, 3.63) is 125 Å². The Kier molecular flexibility index (Phi) is 7.97. The van der Waals surface area contributed by atoms with E-state index < -0.39 is 11.0 Å². The maximum Gasteiger partial charge on any atom is 0.253 e. The highest BCUT2D eigenvalue weighted by molar-refractivity contribution is 7.86. The third kappa shape index (κ3) is 6.09. The average Bonchev–Trinajstić information content (AvgIpc) is 2.97. The van der Waals surface area contributed by atoms with Crippen molar-refractivity contribution in [1.82, 2.24) is 9.88 Å². The molecule has 0 aliphatic carbocycles. The van der Waals surface area contributed by atoms with Crippen LogP contribution in [0.5, 0.6) is 0 Å². The number of piperidine rings is 1. The van der Waals surface area contributed by atoms with Gasteiger partial charge < -0.3 is 4.90 Å². The van der Waals surface area contributed by atoms with Crippen molar-refractivity contribution in [2.45, 2.75) is 30.2 Å². The summed E-state index contributed by atoms with van der Waals surface area (Å²) in [7, 11) is -1.42. The second-order valence-corrected chi connectivity index (χ2v) is 10.9. The number of aromatic nitrogens is 1. The molecule has 0 saturated carbocycles. The van der Waals surface area contributed by atoms with Crippen molar-refractivity contribution < 1.29 is 9.00 Å². The summed E-state index contributed by atoms with van der Waals surface area (Å²) in [5, 5.41) is 0.659. The lowest BCUT2D eigenvalue weighted by Crippen LogP contribution is -2.38. The Morgan fingerprint density at radius 3 is 2.22 bits per heavy atom. The number of rotatable bonds is 7. The van der Waals surface area contributed by atoms with Crippen LogP contribution in [-0.2, 0) is 17.5 Å². The second kappa shape index (κ2) is 11.7. The fraction of sp³-hybridized carbons (Fsp3) is 0.200. The van der Waals surface area contributed by atoms with Crippen LogP contribution in [-0.4, -0.2) is 33.1 Å². The predicted molar refractivity (Wildman–Crippen MR) is 149 cm³/mol.